The summed E-state index contributed by atoms with van der Waals surface area (Å²) < 4.78 is 5.20. The lowest BCUT2D eigenvalue weighted by Crippen LogP contribution is -2.27. The van der Waals surface area contributed by atoms with Crippen molar-refractivity contribution in [2.75, 3.05) is 22.1 Å². The fraction of sp³-hybridized carbons (Fsp3) is 0.318. The Morgan fingerprint density at radius 1 is 0.931 bits per heavy atom. The van der Waals surface area contributed by atoms with Crippen molar-refractivity contribution in [1.29, 1.82) is 0 Å². The topological polar surface area (TPSA) is 87.7 Å². The minimum Gasteiger partial charge on any atom is -0.444 e. The molecule has 0 saturated carbocycles. The van der Waals surface area contributed by atoms with Crippen LogP contribution in [0.15, 0.2) is 48.5 Å². The maximum absolute atomic E-state index is 12.4. The van der Waals surface area contributed by atoms with E-state index in [0.29, 0.717) is 23.4 Å². The van der Waals surface area contributed by atoms with Crippen LogP contribution in [0.5, 0.6) is 0 Å². The molecule has 152 valence electrons. The van der Waals surface area contributed by atoms with E-state index < -0.39 is 11.7 Å². The van der Waals surface area contributed by atoms with E-state index in [1.807, 2.05) is 12.1 Å². The molecule has 3 rings (SSSR count). The van der Waals surface area contributed by atoms with Gasteiger partial charge in [-0.25, -0.2) is 4.79 Å². The van der Waals surface area contributed by atoms with Crippen molar-refractivity contribution < 1.29 is 19.1 Å². The molecule has 0 radical (unpaired) electrons. The first-order valence-electron chi connectivity index (χ1n) is 9.53. The number of anilines is 3. The number of carbonyl (C=O) groups is 3. The number of carbonyl (C=O) groups excluding carboxylic acids is 3. The monoisotopic (exact) mass is 395 g/mol. The van der Waals surface area contributed by atoms with Gasteiger partial charge in [-0.1, -0.05) is 0 Å². The van der Waals surface area contributed by atoms with Gasteiger partial charge < -0.3 is 15.0 Å². The zero-order chi connectivity index (χ0) is 21.0. The third kappa shape index (κ3) is 5.57. The van der Waals surface area contributed by atoms with Crippen molar-refractivity contribution in [3.8, 4) is 0 Å². The first-order valence-corrected chi connectivity index (χ1v) is 9.53. The Morgan fingerprint density at radius 2 is 1.52 bits per heavy atom. The van der Waals surface area contributed by atoms with Crippen LogP contribution in [0.1, 0.15) is 44.0 Å². The molecule has 7 heteroatoms. The first-order chi connectivity index (χ1) is 13.7. The van der Waals surface area contributed by atoms with Crippen LogP contribution in [-0.4, -0.2) is 30.1 Å². The van der Waals surface area contributed by atoms with Crippen LogP contribution in [0, 0.1) is 0 Å². The lowest BCUT2D eigenvalue weighted by atomic mass is 10.2. The minimum absolute atomic E-state index is 0.127. The van der Waals surface area contributed by atoms with Crippen LogP contribution in [-0.2, 0) is 9.53 Å². The highest BCUT2D eigenvalue weighted by molar-refractivity contribution is 6.04. The van der Waals surface area contributed by atoms with Crippen molar-refractivity contribution in [3.63, 3.8) is 0 Å². The molecule has 1 fully saturated rings. The second-order valence-corrected chi connectivity index (χ2v) is 7.85. The smallest absolute Gasteiger partial charge is 0.412 e. The molecule has 2 aromatic carbocycles. The zero-order valence-electron chi connectivity index (χ0n) is 16.8. The van der Waals surface area contributed by atoms with E-state index in [1.165, 1.54) is 0 Å². The van der Waals surface area contributed by atoms with Gasteiger partial charge in [-0.3, -0.25) is 14.9 Å². The predicted octanol–water partition coefficient (Wildman–Crippen LogP) is 4.41. The Kier molecular flexibility index (Phi) is 5.87. The van der Waals surface area contributed by atoms with E-state index in [1.54, 1.807) is 62.1 Å². The lowest BCUT2D eigenvalue weighted by Gasteiger charge is -2.19. The molecule has 0 aliphatic carbocycles. The third-order valence-corrected chi connectivity index (χ3v) is 4.30. The van der Waals surface area contributed by atoms with Crippen molar-refractivity contribution >= 4 is 35.0 Å². The SMILES string of the molecule is CC(C)(C)OC(=O)Nc1ccc(C(=O)Nc2ccc(N3CCCC3=O)cc2)cc1. The minimum atomic E-state index is -0.582. The van der Waals surface area contributed by atoms with Crippen LogP contribution < -0.4 is 15.5 Å². The Hall–Kier alpha value is -3.35. The normalized spacial score (nSPS) is 13.9. The van der Waals surface area contributed by atoms with Crippen LogP contribution >= 0.6 is 0 Å². The maximum atomic E-state index is 12.4. The first kappa shape index (κ1) is 20.4. The highest BCUT2D eigenvalue weighted by Gasteiger charge is 2.21. The second kappa shape index (κ2) is 8.34. The molecule has 7 nitrogen and oxygen atoms in total. The summed E-state index contributed by atoms with van der Waals surface area (Å²) in [5.41, 5.74) is 1.89. The van der Waals surface area contributed by atoms with Gasteiger partial charge in [0.05, 0.1) is 0 Å². The molecule has 1 aliphatic rings. The predicted molar refractivity (Wildman–Crippen MR) is 112 cm³/mol. The van der Waals surface area contributed by atoms with Gasteiger partial charge in [0.15, 0.2) is 0 Å². The Labute approximate surface area is 170 Å². The van der Waals surface area contributed by atoms with Gasteiger partial charge in [0, 0.05) is 35.6 Å². The highest BCUT2D eigenvalue weighted by Crippen LogP contribution is 2.23. The summed E-state index contributed by atoms with van der Waals surface area (Å²) in [6.07, 6.45) is 0.902. The molecule has 29 heavy (non-hydrogen) atoms. The fourth-order valence-corrected chi connectivity index (χ4v) is 2.98. The number of hydrogen-bond donors (Lipinski definition) is 2. The summed E-state index contributed by atoms with van der Waals surface area (Å²) in [7, 11) is 0. The molecule has 2 aromatic rings. The van der Waals surface area contributed by atoms with Gasteiger partial charge in [-0.15, -0.1) is 0 Å². The van der Waals surface area contributed by atoms with Gasteiger partial charge in [0.25, 0.3) is 5.91 Å². The summed E-state index contributed by atoms with van der Waals surface area (Å²) >= 11 is 0. The molecule has 1 heterocycles. The summed E-state index contributed by atoms with van der Waals surface area (Å²) in [5, 5.41) is 5.45. The van der Waals surface area contributed by atoms with Crippen LogP contribution in [0.3, 0.4) is 0 Å². The third-order valence-electron chi connectivity index (χ3n) is 4.30. The van der Waals surface area contributed by atoms with E-state index in [4.69, 9.17) is 4.74 Å². The van der Waals surface area contributed by atoms with Gasteiger partial charge in [-0.05, 0) is 75.7 Å². The van der Waals surface area contributed by atoms with Crippen LogP contribution in [0.25, 0.3) is 0 Å². The van der Waals surface area contributed by atoms with E-state index >= 15 is 0 Å². The van der Waals surface area contributed by atoms with E-state index in [0.717, 1.165) is 18.7 Å². The molecule has 0 spiro atoms. The van der Waals surface area contributed by atoms with Crippen LogP contribution in [0.4, 0.5) is 21.9 Å². The van der Waals surface area contributed by atoms with E-state index in [2.05, 4.69) is 10.6 Å². The molecule has 0 unspecified atom stereocenters. The number of nitrogens with one attached hydrogen (secondary N) is 2. The van der Waals surface area contributed by atoms with Crippen molar-refractivity contribution in [2.45, 2.75) is 39.2 Å². The number of amides is 3. The number of nitrogens with zero attached hydrogens (tertiary/aromatic N) is 1. The molecule has 0 aromatic heterocycles. The van der Waals surface area contributed by atoms with E-state index in [9.17, 15) is 14.4 Å². The summed E-state index contributed by atoms with van der Waals surface area (Å²) in [4.78, 5) is 37.8. The molecular weight excluding hydrogens is 370 g/mol. The lowest BCUT2D eigenvalue weighted by molar-refractivity contribution is -0.117. The van der Waals surface area contributed by atoms with Crippen molar-refractivity contribution in [2.24, 2.45) is 0 Å². The van der Waals surface area contributed by atoms with E-state index in [-0.39, 0.29) is 11.8 Å². The summed E-state index contributed by atoms with van der Waals surface area (Å²) in [6, 6.07) is 13.7. The molecule has 1 aliphatic heterocycles. The number of hydrogen-bond acceptors (Lipinski definition) is 4. The molecule has 1 saturated heterocycles. The Bertz CT molecular complexity index is 899. The molecule has 3 amide bonds. The van der Waals surface area contributed by atoms with Gasteiger partial charge in [0.1, 0.15) is 5.60 Å². The average Bonchev–Trinajstić information content (AvgIpc) is 3.07. The molecule has 0 bridgehead atoms. The zero-order valence-corrected chi connectivity index (χ0v) is 16.8. The quantitative estimate of drug-likeness (QED) is 0.803. The average molecular weight is 395 g/mol. The maximum Gasteiger partial charge on any atom is 0.412 e. The highest BCUT2D eigenvalue weighted by atomic mass is 16.6. The van der Waals surface area contributed by atoms with Crippen molar-refractivity contribution in [3.05, 3.63) is 54.1 Å². The molecule has 0 atom stereocenters. The fourth-order valence-electron chi connectivity index (χ4n) is 2.98. The largest absolute Gasteiger partial charge is 0.444 e. The van der Waals surface area contributed by atoms with Gasteiger partial charge in [-0.2, -0.15) is 0 Å². The Morgan fingerprint density at radius 3 is 2.07 bits per heavy atom. The number of ether oxygens (including phenoxy) is 1. The standard InChI is InChI=1S/C22H25N3O4/c1-22(2,3)29-21(28)24-17-8-6-15(7-9-17)20(27)23-16-10-12-18(13-11-16)25-14-4-5-19(25)26/h6-13H,4-5,14H2,1-3H3,(H,23,27)(H,24,28). The van der Waals surface area contributed by atoms with Crippen molar-refractivity contribution in [1.82, 2.24) is 0 Å². The molecule has 2 N–H and O–H groups in total. The van der Waals surface area contributed by atoms with Gasteiger partial charge >= 0.3 is 6.09 Å². The summed E-state index contributed by atoms with van der Waals surface area (Å²) in [5.74, 6) is -0.138. The second-order valence-electron chi connectivity index (χ2n) is 7.85. The Balaban J connectivity index is 1.58. The van der Waals surface area contributed by atoms with Crippen LogP contribution in [0.2, 0.25) is 0 Å². The van der Waals surface area contributed by atoms with Gasteiger partial charge in [0.2, 0.25) is 5.91 Å². The summed E-state index contributed by atoms with van der Waals surface area (Å²) in [6.45, 7) is 6.09. The number of benzene rings is 2. The number of rotatable bonds is 4. The molecular formula is C22H25N3O4.